The van der Waals surface area contributed by atoms with Crippen LogP contribution in [0.1, 0.15) is 12.0 Å². The van der Waals surface area contributed by atoms with Gasteiger partial charge in [0, 0.05) is 30.0 Å². The lowest BCUT2D eigenvalue weighted by atomic mass is 10.2. The second kappa shape index (κ2) is 6.28. The SMILES string of the molecule is Brc1cc2c(cc1CNCCCn1cccn1)OCO2. The van der Waals surface area contributed by atoms with Gasteiger partial charge in [0.2, 0.25) is 6.79 Å². The molecule has 0 fully saturated rings. The first kappa shape index (κ1) is 13.5. The van der Waals surface area contributed by atoms with Crippen molar-refractivity contribution in [1.82, 2.24) is 15.1 Å². The smallest absolute Gasteiger partial charge is 0.231 e. The second-order valence-corrected chi connectivity index (χ2v) is 5.45. The molecular weight excluding hydrogens is 322 g/mol. The molecule has 2 heterocycles. The van der Waals surface area contributed by atoms with Crippen LogP contribution in [0.25, 0.3) is 0 Å². The summed E-state index contributed by atoms with van der Waals surface area (Å²) in [6.07, 6.45) is 4.83. The molecule has 1 aliphatic heterocycles. The predicted molar refractivity (Wildman–Crippen MR) is 78.8 cm³/mol. The Labute approximate surface area is 126 Å². The van der Waals surface area contributed by atoms with E-state index in [2.05, 4.69) is 26.3 Å². The van der Waals surface area contributed by atoms with Gasteiger partial charge in [0.25, 0.3) is 0 Å². The lowest BCUT2D eigenvalue weighted by molar-refractivity contribution is 0.174. The van der Waals surface area contributed by atoms with Gasteiger partial charge in [-0.15, -0.1) is 0 Å². The molecule has 0 bridgehead atoms. The van der Waals surface area contributed by atoms with Gasteiger partial charge in [0.1, 0.15) is 0 Å². The van der Waals surface area contributed by atoms with E-state index in [9.17, 15) is 0 Å². The van der Waals surface area contributed by atoms with E-state index in [1.807, 2.05) is 29.1 Å². The number of nitrogens with zero attached hydrogens (tertiary/aromatic N) is 2. The zero-order valence-corrected chi connectivity index (χ0v) is 12.6. The molecule has 1 N–H and O–H groups in total. The molecule has 5 nitrogen and oxygen atoms in total. The molecule has 1 aliphatic rings. The molecule has 0 atom stereocenters. The van der Waals surface area contributed by atoms with Crippen LogP contribution in [0.15, 0.2) is 35.1 Å². The largest absolute Gasteiger partial charge is 0.454 e. The van der Waals surface area contributed by atoms with Crippen LogP contribution in [0.2, 0.25) is 0 Å². The van der Waals surface area contributed by atoms with E-state index >= 15 is 0 Å². The number of ether oxygens (including phenoxy) is 2. The van der Waals surface area contributed by atoms with Crippen LogP contribution in [-0.4, -0.2) is 23.1 Å². The van der Waals surface area contributed by atoms with Gasteiger partial charge in [-0.3, -0.25) is 4.68 Å². The first-order valence-corrected chi connectivity index (χ1v) is 7.38. The summed E-state index contributed by atoms with van der Waals surface area (Å²) in [4.78, 5) is 0. The Morgan fingerprint density at radius 3 is 2.95 bits per heavy atom. The fourth-order valence-electron chi connectivity index (χ4n) is 2.12. The van der Waals surface area contributed by atoms with E-state index in [1.165, 1.54) is 5.56 Å². The van der Waals surface area contributed by atoms with E-state index < -0.39 is 0 Å². The molecule has 0 saturated heterocycles. The highest BCUT2D eigenvalue weighted by molar-refractivity contribution is 9.10. The van der Waals surface area contributed by atoms with Gasteiger partial charge < -0.3 is 14.8 Å². The molecule has 6 heteroatoms. The zero-order valence-electron chi connectivity index (χ0n) is 11.0. The number of fused-ring (bicyclic) bond motifs is 1. The minimum atomic E-state index is 0.308. The summed E-state index contributed by atoms with van der Waals surface area (Å²) in [5, 5.41) is 7.61. The van der Waals surface area contributed by atoms with E-state index in [0.717, 1.165) is 42.0 Å². The molecule has 1 aromatic carbocycles. The van der Waals surface area contributed by atoms with E-state index in [0.29, 0.717) is 6.79 Å². The Kier molecular flexibility index (Phi) is 4.22. The molecule has 1 aromatic heterocycles. The summed E-state index contributed by atoms with van der Waals surface area (Å²) in [7, 11) is 0. The third kappa shape index (κ3) is 3.13. The van der Waals surface area contributed by atoms with Gasteiger partial charge >= 0.3 is 0 Å². The van der Waals surface area contributed by atoms with Gasteiger partial charge in [-0.2, -0.15) is 5.10 Å². The fourth-order valence-corrected chi connectivity index (χ4v) is 2.58. The zero-order chi connectivity index (χ0) is 13.8. The Balaban J connectivity index is 1.46. The number of aromatic nitrogens is 2. The van der Waals surface area contributed by atoms with E-state index in [4.69, 9.17) is 9.47 Å². The molecule has 0 spiro atoms. The van der Waals surface area contributed by atoms with Gasteiger partial charge in [0.15, 0.2) is 11.5 Å². The molecule has 2 aromatic rings. The minimum Gasteiger partial charge on any atom is -0.454 e. The maximum atomic E-state index is 5.39. The molecule has 106 valence electrons. The highest BCUT2D eigenvalue weighted by atomic mass is 79.9. The standard InChI is InChI=1S/C14H16BrN3O2/c15-12-8-14-13(19-10-20-14)7-11(12)9-16-3-1-5-18-6-2-4-17-18/h2,4,6-8,16H,1,3,5,9-10H2. The quantitative estimate of drug-likeness (QED) is 0.823. The van der Waals surface area contributed by atoms with Crippen LogP contribution < -0.4 is 14.8 Å². The number of rotatable bonds is 6. The molecule has 0 aliphatic carbocycles. The van der Waals surface area contributed by atoms with Gasteiger partial charge in [-0.1, -0.05) is 15.9 Å². The van der Waals surface area contributed by atoms with Crippen LogP contribution in [0.5, 0.6) is 11.5 Å². The van der Waals surface area contributed by atoms with Crippen molar-refractivity contribution >= 4 is 15.9 Å². The van der Waals surface area contributed by atoms with Gasteiger partial charge in [-0.25, -0.2) is 0 Å². The summed E-state index contributed by atoms with van der Waals surface area (Å²) in [5.74, 6) is 1.63. The average Bonchev–Trinajstić information content (AvgIpc) is 3.09. The molecule has 0 unspecified atom stereocenters. The number of hydrogen-bond acceptors (Lipinski definition) is 4. The van der Waals surface area contributed by atoms with Gasteiger partial charge in [0.05, 0.1) is 0 Å². The predicted octanol–water partition coefficient (Wildman–Crippen LogP) is 2.55. The summed E-state index contributed by atoms with van der Waals surface area (Å²) in [6.45, 7) is 2.99. The summed E-state index contributed by atoms with van der Waals surface area (Å²) in [5.41, 5.74) is 1.17. The number of nitrogens with one attached hydrogen (secondary N) is 1. The Morgan fingerprint density at radius 2 is 2.15 bits per heavy atom. The summed E-state index contributed by atoms with van der Waals surface area (Å²) in [6, 6.07) is 5.92. The molecule has 20 heavy (non-hydrogen) atoms. The number of benzene rings is 1. The van der Waals surface area contributed by atoms with E-state index in [-0.39, 0.29) is 0 Å². The summed E-state index contributed by atoms with van der Waals surface area (Å²) >= 11 is 3.56. The minimum absolute atomic E-state index is 0.308. The highest BCUT2D eigenvalue weighted by Gasteiger charge is 2.15. The average molecular weight is 338 g/mol. The topological polar surface area (TPSA) is 48.3 Å². The Hall–Kier alpha value is -1.53. The van der Waals surface area contributed by atoms with Crippen molar-refractivity contribution < 1.29 is 9.47 Å². The lowest BCUT2D eigenvalue weighted by Gasteiger charge is -2.08. The van der Waals surface area contributed by atoms with Crippen LogP contribution >= 0.6 is 15.9 Å². The van der Waals surface area contributed by atoms with Crippen molar-refractivity contribution in [3.8, 4) is 11.5 Å². The molecule has 0 saturated carbocycles. The van der Waals surface area contributed by atoms with Crippen molar-refractivity contribution in [3.05, 3.63) is 40.6 Å². The third-order valence-corrected chi connectivity index (χ3v) is 3.90. The maximum Gasteiger partial charge on any atom is 0.231 e. The first-order valence-electron chi connectivity index (χ1n) is 6.59. The highest BCUT2D eigenvalue weighted by Crippen LogP contribution is 2.36. The van der Waals surface area contributed by atoms with Crippen molar-refractivity contribution in [1.29, 1.82) is 0 Å². The first-order chi connectivity index (χ1) is 9.83. The van der Waals surface area contributed by atoms with Crippen molar-refractivity contribution in [3.63, 3.8) is 0 Å². The second-order valence-electron chi connectivity index (χ2n) is 4.60. The van der Waals surface area contributed by atoms with Crippen LogP contribution in [0, 0.1) is 0 Å². The number of halogens is 1. The van der Waals surface area contributed by atoms with Gasteiger partial charge in [-0.05, 0) is 36.7 Å². The Bertz CT molecular complexity index is 572. The third-order valence-electron chi connectivity index (χ3n) is 3.16. The Morgan fingerprint density at radius 1 is 1.30 bits per heavy atom. The van der Waals surface area contributed by atoms with E-state index in [1.54, 1.807) is 6.20 Å². The number of hydrogen-bond donors (Lipinski definition) is 1. The molecule has 3 rings (SSSR count). The normalized spacial score (nSPS) is 12.8. The van der Waals surface area contributed by atoms with Crippen LogP contribution in [0.3, 0.4) is 0 Å². The van der Waals surface area contributed by atoms with Crippen molar-refractivity contribution in [2.75, 3.05) is 13.3 Å². The van der Waals surface area contributed by atoms with Crippen LogP contribution in [0.4, 0.5) is 0 Å². The van der Waals surface area contributed by atoms with Crippen molar-refractivity contribution in [2.24, 2.45) is 0 Å². The monoisotopic (exact) mass is 337 g/mol. The molecule has 0 radical (unpaired) electrons. The maximum absolute atomic E-state index is 5.39. The fraction of sp³-hybridized carbons (Fsp3) is 0.357. The van der Waals surface area contributed by atoms with Crippen LogP contribution in [-0.2, 0) is 13.1 Å². The van der Waals surface area contributed by atoms with Crippen molar-refractivity contribution in [2.45, 2.75) is 19.5 Å². The lowest BCUT2D eigenvalue weighted by Crippen LogP contribution is -2.17. The summed E-state index contributed by atoms with van der Waals surface area (Å²) < 4.78 is 13.7. The molecular formula is C14H16BrN3O2. The molecule has 0 amide bonds. The number of aryl methyl sites for hydroxylation is 1.